The van der Waals surface area contributed by atoms with Crippen LogP contribution in [0.2, 0.25) is 0 Å². The maximum Gasteiger partial charge on any atom is 0.166 e. The fourth-order valence-electron chi connectivity index (χ4n) is 2.81. The molecule has 0 bridgehead atoms. The maximum absolute atomic E-state index is 13.9. The van der Waals surface area contributed by atoms with Gasteiger partial charge >= 0.3 is 0 Å². The summed E-state index contributed by atoms with van der Waals surface area (Å²) in [6, 6.07) is 1.97. The van der Waals surface area contributed by atoms with Gasteiger partial charge in [-0.15, -0.1) is 0 Å². The minimum atomic E-state index is -0.253. The van der Waals surface area contributed by atoms with Crippen molar-refractivity contribution in [3.8, 4) is 0 Å². The van der Waals surface area contributed by atoms with Gasteiger partial charge in [-0.1, -0.05) is 0 Å². The first-order chi connectivity index (χ1) is 9.24. The molecule has 1 unspecified atom stereocenters. The summed E-state index contributed by atoms with van der Waals surface area (Å²) in [6.45, 7) is 5.30. The first-order valence-corrected chi connectivity index (χ1v) is 7.41. The second-order valence-corrected chi connectivity index (χ2v) is 5.91. The lowest BCUT2D eigenvalue weighted by molar-refractivity contribution is 0.0209. The van der Waals surface area contributed by atoms with Gasteiger partial charge in [-0.3, -0.25) is 4.90 Å². The number of ether oxygens (including phenoxy) is 1. The summed E-state index contributed by atoms with van der Waals surface area (Å²) in [7, 11) is 0. The molecule has 104 valence electrons. The molecule has 0 N–H and O–H groups in total. The molecule has 3 heterocycles. The van der Waals surface area contributed by atoms with E-state index in [1.54, 1.807) is 6.20 Å². The largest absolute Gasteiger partial charge is 0.379 e. The minimum absolute atomic E-state index is 0.253. The number of rotatable bonds is 2. The van der Waals surface area contributed by atoms with Crippen LogP contribution in [0.15, 0.2) is 16.7 Å². The van der Waals surface area contributed by atoms with Gasteiger partial charge in [-0.2, -0.15) is 0 Å². The molecule has 2 saturated heterocycles. The van der Waals surface area contributed by atoms with Crippen LogP contribution < -0.4 is 4.90 Å². The van der Waals surface area contributed by atoms with Gasteiger partial charge in [-0.05, 0) is 28.4 Å². The van der Waals surface area contributed by atoms with Crippen molar-refractivity contribution >= 4 is 21.7 Å². The molecular weight excluding hydrogens is 313 g/mol. The van der Waals surface area contributed by atoms with Crippen LogP contribution in [0.1, 0.15) is 6.42 Å². The van der Waals surface area contributed by atoms with E-state index in [1.165, 1.54) is 6.07 Å². The van der Waals surface area contributed by atoms with Crippen LogP contribution in [0.4, 0.5) is 10.2 Å². The third-order valence-electron chi connectivity index (χ3n) is 3.81. The smallest absolute Gasteiger partial charge is 0.166 e. The lowest BCUT2D eigenvalue weighted by Gasteiger charge is -2.32. The molecule has 0 aliphatic carbocycles. The normalized spacial score (nSPS) is 24.9. The van der Waals surface area contributed by atoms with Crippen LogP contribution in [-0.4, -0.2) is 55.3 Å². The molecule has 3 rings (SSSR count). The fourth-order valence-corrected chi connectivity index (χ4v) is 3.12. The third-order valence-corrected chi connectivity index (χ3v) is 4.25. The van der Waals surface area contributed by atoms with Gasteiger partial charge in [0.25, 0.3) is 0 Å². The number of halogens is 2. The predicted molar refractivity (Wildman–Crippen MR) is 74.9 cm³/mol. The number of anilines is 1. The van der Waals surface area contributed by atoms with Crippen molar-refractivity contribution in [1.82, 2.24) is 9.88 Å². The van der Waals surface area contributed by atoms with E-state index in [-0.39, 0.29) is 5.82 Å². The summed E-state index contributed by atoms with van der Waals surface area (Å²) >= 11 is 3.24. The van der Waals surface area contributed by atoms with Crippen molar-refractivity contribution in [1.29, 1.82) is 0 Å². The molecule has 1 atom stereocenters. The molecule has 0 radical (unpaired) electrons. The second kappa shape index (κ2) is 5.73. The Morgan fingerprint density at radius 1 is 1.32 bits per heavy atom. The van der Waals surface area contributed by atoms with Crippen LogP contribution in [0, 0.1) is 5.82 Å². The molecule has 19 heavy (non-hydrogen) atoms. The minimum Gasteiger partial charge on any atom is -0.379 e. The van der Waals surface area contributed by atoms with E-state index in [9.17, 15) is 4.39 Å². The number of hydrogen-bond acceptors (Lipinski definition) is 4. The van der Waals surface area contributed by atoms with E-state index in [0.717, 1.165) is 45.8 Å². The van der Waals surface area contributed by atoms with Crippen LogP contribution in [0.25, 0.3) is 0 Å². The molecule has 1 aromatic heterocycles. The molecule has 1 aromatic rings. The topological polar surface area (TPSA) is 28.6 Å². The van der Waals surface area contributed by atoms with E-state index < -0.39 is 0 Å². The van der Waals surface area contributed by atoms with Gasteiger partial charge in [-0.25, -0.2) is 9.37 Å². The van der Waals surface area contributed by atoms with Crippen molar-refractivity contribution < 1.29 is 9.13 Å². The molecule has 2 aliphatic heterocycles. The van der Waals surface area contributed by atoms with Crippen LogP contribution in [0.5, 0.6) is 0 Å². The van der Waals surface area contributed by atoms with Crippen molar-refractivity contribution in [2.24, 2.45) is 0 Å². The number of hydrogen-bond donors (Lipinski definition) is 0. The summed E-state index contributed by atoms with van der Waals surface area (Å²) in [5.41, 5.74) is 0. The van der Waals surface area contributed by atoms with E-state index in [1.807, 2.05) is 4.90 Å². The Labute approximate surface area is 120 Å². The molecule has 0 aromatic carbocycles. The molecule has 4 nitrogen and oxygen atoms in total. The summed E-state index contributed by atoms with van der Waals surface area (Å²) in [6.07, 6.45) is 2.72. The zero-order valence-corrected chi connectivity index (χ0v) is 12.3. The highest BCUT2D eigenvalue weighted by Gasteiger charge is 2.30. The lowest BCUT2D eigenvalue weighted by Crippen LogP contribution is -2.44. The molecule has 2 aliphatic rings. The Morgan fingerprint density at radius 3 is 2.84 bits per heavy atom. The first-order valence-electron chi connectivity index (χ1n) is 6.62. The number of pyridine rings is 1. The fraction of sp³-hybridized carbons (Fsp3) is 0.615. The molecule has 2 fully saturated rings. The highest BCUT2D eigenvalue weighted by molar-refractivity contribution is 9.10. The SMILES string of the molecule is Fc1cc(Br)cnc1N1CCC(N2CCOCC2)C1. The zero-order chi connectivity index (χ0) is 13.2. The summed E-state index contributed by atoms with van der Waals surface area (Å²) in [5, 5.41) is 0. The molecule has 6 heteroatoms. The maximum atomic E-state index is 13.9. The Bertz CT molecular complexity index is 454. The lowest BCUT2D eigenvalue weighted by atomic mass is 10.2. The van der Waals surface area contributed by atoms with Crippen molar-refractivity contribution in [3.05, 3.63) is 22.6 Å². The highest BCUT2D eigenvalue weighted by atomic mass is 79.9. The third kappa shape index (κ3) is 2.90. The Morgan fingerprint density at radius 2 is 2.11 bits per heavy atom. The quantitative estimate of drug-likeness (QED) is 0.828. The van der Waals surface area contributed by atoms with Gasteiger partial charge < -0.3 is 9.64 Å². The Balaban J connectivity index is 1.67. The van der Waals surface area contributed by atoms with Gasteiger partial charge in [0.15, 0.2) is 11.6 Å². The average molecular weight is 330 g/mol. The second-order valence-electron chi connectivity index (χ2n) is 5.00. The molecule has 0 amide bonds. The number of aromatic nitrogens is 1. The standard InChI is InChI=1S/C13H17BrFN3O/c14-10-7-12(15)13(16-8-10)18-2-1-11(9-18)17-3-5-19-6-4-17/h7-8,11H,1-6,9H2. The van der Waals surface area contributed by atoms with Crippen molar-refractivity contribution in [2.45, 2.75) is 12.5 Å². The van der Waals surface area contributed by atoms with E-state index in [2.05, 4.69) is 25.8 Å². The monoisotopic (exact) mass is 329 g/mol. The Hall–Kier alpha value is -0.720. The molecule has 0 spiro atoms. The van der Waals surface area contributed by atoms with Crippen molar-refractivity contribution in [2.75, 3.05) is 44.3 Å². The van der Waals surface area contributed by atoms with Crippen LogP contribution in [0.3, 0.4) is 0 Å². The van der Waals surface area contributed by atoms with Crippen LogP contribution in [-0.2, 0) is 4.74 Å². The average Bonchev–Trinajstić information content (AvgIpc) is 2.89. The van der Waals surface area contributed by atoms with Gasteiger partial charge in [0.2, 0.25) is 0 Å². The van der Waals surface area contributed by atoms with Gasteiger partial charge in [0, 0.05) is 42.9 Å². The highest BCUT2D eigenvalue weighted by Crippen LogP contribution is 2.25. The van der Waals surface area contributed by atoms with E-state index >= 15 is 0 Å². The number of morpholine rings is 1. The summed E-state index contributed by atoms with van der Waals surface area (Å²) in [4.78, 5) is 8.69. The summed E-state index contributed by atoms with van der Waals surface area (Å²) < 4.78 is 20.0. The van der Waals surface area contributed by atoms with Crippen molar-refractivity contribution in [3.63, 3.8) is 0 Å². The Kier molecular flexibility index (Phi) is 4.00. The van der Waals surface area contributed by atoms with E-state index in [0.29, 0.717) is 16.3 Å². The molecular formula is C13H17BrFN3O. The first kappa shape index (κ1) is 13.3. The van der Waals surface area contributed by atoms with Gasteiger partial charge in [0.05, 0.1) is 13.2 Å². The predicted octanol–water partition coefficient (Wildman–Crippen LogP) is 1.89. The number of nitrogens with zero attached hydrogens (tertiary/aromatic N) is 3. The van der Waals surface area contributed by atoms with E-state index in [4.69, 9.17) is 4.74 Å². The van der Waals surface area contributed by atoms with Gasteiger partial charge in [0.1, 0.15) is 0 Å². The summed E-state index contributed by atoms with van der Waals surface area (Å²) in [5.74, 6) is 0.218. The van der Waals surface area contributed by atoms with Crippen LogP contribution >= 0.6 is 15.9 Å². The molecule has 0 saturated carbocycles. The zero-order valence-electron chi connectivity index (χ0n) is 10.7.